The zero-order valence-electron chi connectivity index (χ0n) is 12.9. The Morgan fingerprint density at radius 1 is 1.40 bits per heavy atom. The molecule has 1 aromatic rings. The topological polar surface area (TPSA) is 32.7 Å². The van der Waals surface area contributed by atoms with Crippen LogP contribution in [0.15, 0.2) is 18.2 Å². The zero-order valence-corrected chi connectivity index (χ0v) is 12.9. The Balaban J connectivity index is 2.13. The molecule has 1 aliphatic heterocycles. The van der Waals surface area contributed by atoms with E-state index in [-0.39, 0.29) is 0 Å². The highest BCUT2D eigenvalue weighted by Gasteiger charge is 2.22. The van der Waals surface area contributed by atoms with E-state index >= 15 is 0 Å². The Morgan fingerprint density at radius 2 is 2.20 bits per heavy atom. The summed E-state index contributed by atoms with van der Waals surface area (Å²) < 4.78 is 5.73. The molecule has 3 heteroatoms. The van der Waals surface area contributed by atoms with Gasteiger partial charge in [0.2, 0.25) is 0 Å². The molecule has 20 heavy (non-hydrogen) atoms. The van der Waals surface area contributed by atoms with Gasteiger partial charge >= 0.3 is 0 Å². The molecule has 0 aliphatic carbocycles. The van der Waals surface area contributed by atoms with Crippen molar-refractivity contribution in [2.45, 2.75) is 46.3 Å². The SMILES string of the molecule is CCOc1ccc(C(C)O)cc1CN1CCC(CC)C1. The fourth-order valence-electron chi connectivity index (χ4n) is 2.91. The quantitative estimate of drug-likeness (QED) is 0.865. The van der Waals surface area contributed by atoms with Crippen LogP contribution in [0.4, 0.5) is 0 Å². The molecule has 112 valence electrons. The van der Waals surface area contributed by atoms with Crippen LogP contribution in [0, 0.1) is 5.92 Å². The fraction of sp³-hybridized carbons (Fsp3) is 0.647. The molecule has 0 bridgehead atoms. The monoisotopic (exact) mass is 277 g/mol. The van der Waals surface area contributed by atoms with Crippen molar-refractivity contribution in [3.63, 3.8) is 0 Å². The minimum absolute atomic E-state index is 0.425. The Morgan fingerprint density at radius 3 is 2.80 bits per heavy atom. The van der Waals surface area contributed by atoms with Crippen LogP contribution in [0.3, 0.4) is 0 Å². The van der Waals surface area contributed by atoms with Gasteiger partial charge in [-0.25, -0.2) is 0 Å². The highest BCUT2D eigenvalue weighted by molar-refractivity contribution is 5.38. The lowest BCUT2D eigenvalue weighted by atomic mass is 10.1. The molecule has 0 aromatic heterocycles. The van der Waals surface area contributed by atoms with Crippen molar-refractivity contribution in [2.24, 2.45) is 5.92 Å². The molecule has 0 spiro atoms. The predicted octanol–water partition coefficient (Wildman–Crippen LogP) is 3.37. The minimum atomic E-state index is -0.425. The predicted molar refractivity (Wildman–Crippen MR) is 81.9 cm³/mol. The summed E-state index contributed by atoms with van der Waals surface area (Å²) in [6, 6.07) is 6.04. The first-order valence-corrected chi connectivity index (χ1v) is 7.80. The van der Waals surface area contributed by atoms with Crippen molar-refractivity contribution < 1.29 is 9.84 Å². The van der Waals surface area contributed by atoms with E-state index in [0.29, 0.717) is 6.61 Å². The van der Waals surface area contributed by atoms with Crippen molar-refractivity contribution in [1.82, 2.24) is 4.90 Å². The third-order valence-corrected chi connectivity index (χ3v) is 4.21. The first-order chi connectivity index (χ1) is 9.63. The largest absolute Gasteiger partial charge is 0.494 e. The number of hydrogen-bond acceptors (Lipinski definition) is 3. The van der Waals surface area contributed by atoms with Crippen molar-refractivity contribution in [1.29, 1.82) is 0 Å². The lowest BCUT2D eigenvalue weighted by molar-refractivity contribution is 0.198. The van der Waals surface area contributed by atoms with E-state index in [1.165, 1.54) is 31.5 Å². The number of hydrogen-bond donors (Lipinski definition) is 1. The Kier molecular flexibility index (Phi) is 5.44. The highest BCUT2D eigenvalue weighted by atomic mass is 16.5. The summed E-state index contributed by atoms with van der Waals surface area (Å²) in [6.45, 7) is 10.0. The van der Waals surface area contributed by atoms with Crippen molar-refractivity contribution in [2.75, 3.05) is 19.7 Å². The molecule has 1 fully saturated rings. The molecule has 2 rings (SSSR count). The zero-order chi connectivity index (χ0) is 14.5. The molecule has 0 radical (unpaired) electrons. The third-order valence-electron chi connectivity index (χ3n) is 4.21. The molecule has 1 aromatic carbocycles. The number of benzene rings is 1. The summed E-state index contributed by atoms with van der Waals surface area (Å²) in [7, 11) is 0. The van der Waals surface area contributed by atoms with E-state index < -0.39 is 6.10 Å². The standard InChI is InChI=1S/C17H27NO2/c1-4-14-8-9-18(11-14)12-16-10-15(13(3)19)6-7-17(16)20-5-2/h6-7,10,13-14,19H,4-5,8-9,11-12H2,1-3H3. The number of aliphatic hydroxyl groups is 1. The second-order valence-electron chi connectivity index (χ2n) is 5.77. The fourth-order valence-corrected chi connectivity index (χ4v) is 2.91. The molecule has 0 amide bonds. The maximum Gasteiger partial charge on any atom is 0.123 e. The van der Waals surface area contributed by atoms with Gasteiger partial charge in [-0.05, 0) is 50.4 Å². The number of ether oxygens (including phenoxy) is 1. The van der Waals surface area contributed by atoms with E-state index in [1.807, 2.05) is 26.0 Å². The highest BCUT2D eigenvalue weighted by Crippen LogP contribution is 2.28. The van der Waals surface area contributed by atoms with Gasteiger partial charge in [-0.3, -0.25) is 4.90 Å². The van der Waals surface area contributed by atoms with E-state index in [2.05, 4.69) is 17.9 Å². The lowest BCUT2D eigenvalue weighted by Gasteiger charge is -2.19. The molecule has 3 nitrogen and oxygen atoms in total. The number of nitrogens with zero attached hydrogens (tertiary/aromatic N) is 1. The Labute approximate surface area is 122 Å². The number of aliphatic hydroxyl groups excluding tert-OH is 1. The summed E-state index contributed by atoms with van der Waals surface area (Å²) >= 11 is 0. The van der Waals surface area contributed by atoms with Crippen LogP contribution in [-0.4, -0.2) is 29.7 Å². The van der Waals surface area contributed by atoms with Crippen LogP contribution in [0.1, 0.15) is 50.8 Å². The van der Waals surface area contributed by atoms with Crippen molar-refractivity contribution in [3.8, 4) is 5.75 Å². The van der Waals surface area contributed by atoms with Gasteiger partial charge in [-0.15, -0.1) is 0 Å². The first-order valence-electron chi connectivity index (χ1n) is 7.80. The summed E-state index contributed by atoms with van der Waals surface area (Å²) in [4.78, 5) is 2.50. The van der Waals surface area contributed by atoms with Crippen LogP contribution in [0.25, 0.3) is 0 Å². The summed E-state index contributed by atoms with van der Waals surface area (Å²) in [5.41, 5.74) is 2.16. The first kappa shape index (κ1) is 15.3. The molecule has 1 aliphatic rings. The number of likely N-dealkylation sites (tertiary alicyclic amines) is 1. The smallest absolute Gasteiger partial charge is 0.123 e. The second-order valence-corrected chi connectivity index (χ2v) is 5.77. The van der Waals surface area contributed by atoms with Crippen LogP contribution in [-0.2, 0) is 6.54 Å². The Hall–Kier alpha value is -1.06. The molecule has 1 N–H and O–H groups in total. The maximum atomic E-state index is 9.76. The van der Waals surface area contributed by atoms with E-state index in [4.69, 9.17) is 4.74 Å². The molecule has 1 heterocycles. The minimum Gasteiger partial charge on any atom is -0.494 e. The van der Waals surface area contributed by atoms with Gasteiger partial charge in [0.25, 0.3) is 0 Å². The van der Waals surface area contributed by atoms with Crippen LogP contribution >= 0.6 is 0 Å². The van der Waals surface area contributed by atoms with Crippen LogP contribution < -0.4 is 4.74 Å². The van der Waals surface area contributed by atoms with E-state index in [9.17, 15) is 5.11 Å². The van der Waals surface area contributed by atoms with Gasteiger partial charge in [0.15, 0.2) is 0 Å². The molecule has 2 atom stereocenters. The average molecular weight is 277 g/mol. The average Bonchev–Trinajstić information content (AvgIpc) is 2.88. The van der Waals surface area contributed by atoms with Gasteiger partial charge in [0.1, 0.15) is 5.75 Å². The van der Waals surface area contributed by atoms with Gasteiger partial charge in [0.05, 0.1) is 12.7 Å². The van der Waals surface area contributed by atoms with E-state index in [0.717, 1.165) is 23.8 Å². The van der Waals surface area contributed by atoms with Gasteiger partial charge < -0.3 is 9.84 Å². The van der Waals surface area contributed by atoms with Crippen LogP contribution in [0.5, 0.6) is 5.75 Å². The third kappa shape index (κ3) is 3.74. The summed E-state index contributed by atoms with van der Waals surface area (Å²) in [5, 5.41) is 9.76. The Bertz CT molecular complexity index is 431. The van der Waals surface area contributed by atoms with Gasteiger partial charge in [-0.2, -0.15) is 0 Å². The van der Waals surface area contributed by atoms with Gasteiger partial charge in [0, 0.05) is 18.7 Å². The molecule has 2 unspecified atom stereocenters. The molecule has 1 saturated heterocycles. The number of rotatable bonds is 6. The molecular formula is C17H27NO2. The molecular weight excluding hydrogens is 250 g/mol. The second kappa shape index (κ2) is 7.09. The van der Waals surface area contributed by atoms with Crippen molar-refractivity contribution >= 4 is 0 Å². The summed E-state index contributed by atoms with van der Waals surface area (Å²) in [5.74, 6) is 1.79. The molecule has 0 saturated carbocycles. The van der Waals surface area contributed by atoms with E-state index in [1.54, 1.807) is 0 Å². The van der Waals surface area contributed by atoms with Crippen LogP contribution in [0.2, 0.25) is 0 Å². The summed E-state index contributed by atoms with van der Waals surface area (Å²) in [6.07, 6.45) is 2.14. The van der Waals surface area contributed by atoms with Gasteiger partial charge in [-0.1, -0.05) is 19.4 Å². The maximum absolute atomic E-state index is 9.76. The normalized spacial score (nSPS) is 21.1. The lowest BCUT2D eigenvalue weighted by Crippen LogP contribution is -2.20. The van der Waals surface area contributed by atoms with Crippen molar-refractivity contribution in [3.05, 3.63) is 29.3 Å².